The molecule has 0 heterocycles. The van der Waals surface area contributed by atoms with Gasteiger partial charge in [0.25, 0.3) is 5.91 Å². The first-order valence-electron chi connectivity index (χ1n) is 5.93. The highest BCUT2D eigenvalue weighted by molar-refractivity contribution is 5.98. The Kier molecular flexibility index (Phi) is 5.79. The molecule has 0 radical (unpaired) electrons. The highest BCUT2D eigenvalue weighted by atomic mass is 16.5. The summed E-state index contributed by atoms with van der Waals surface area (Å²) in [7, 11) is 4.24. The van der Waals surface area contributed by atoms with Crippen LogP contribution in [-0.4, -0.2) is 56.1 Å². The number of carbonyl (C=O) groups excluding carboxylic acids is 1. The van der Waals surface area contributed by atoms with Gasteiger partial charge in [0, 0.05) is 12.1 Å². The van der Waals surface area contributed by atoms with Crippen LogP contribution in [0.4, 0.5) is 0 Å². The molecular weight excluding hydrogens is 282 g/mol. The van der Waals surface area contributed by atoms with E-state index in [4.69, 9.17) is 24.4 Å². The van der Waals surface area contributed by atoms with Gasteiger partial charge in [0.05, 0.1) is 33.4 Å². The first-order valence-corrected chi connectivity index (χ1v) is 5.93. The second-order valence-electron chi connectivity index (χ2n) is 3.97. The van der Waals surface area contributed by atoms with Crippen LogP contribution in [-0.2, 0) is 4.79 Å². The summed E-state index contributed by atoms with van der Waals surface area (Å²) in [5.41, 5.74) is 0.132. The van der Waals surface area contributed by atoms with E-state index in [0.29, 0.717) is 11.5 Å². The summed E-state index contributed by atoms with van der Waals surface area (Å²) in [6.07, 6.45) is -1.68. The van der Waals surface area contributed by atoms with Crippen molar-refractivity contribution in [2.75, 3.05) is 27.9 Å². The second kappa shape index (κ2) is 7.34. The lowest BCUT2D eigenvalue weighted by atomic mass is 10.1. The minimum atomic E-state index is -1.68. The fraction of sp³-hybridized carbons (Fsp3) is 0.385. The van der Waals surface area contributed by atoms with Crippen molar-refractivity contribution >= 4 is 11.9 Å². The van der Waals surface area contributed by atoms with Crippen molar-refractivity contribution < 1.29 is 34.0 Å². The van der Waals surface area contributed by atoms with Gasteiger partial charge in [-0.2, -0.15) is 0 Å². The van der Waals surface area contributed by atoms with Crippen LogP contribution in [0.2, 0.25) is 0 Å². The molecule has 1 amide bonds. The molecule has 8 heteroatoms. The van der Waals surface area contributed by atoms with Crippen LogP contribution in [0.3, 0.4) is 0 Å². The number of carboxylic acids is 1. The number of hydrogen-bond donors (Lipinski definition) is 3. The highest BCUT2D eigenvalue weighted by Crippen LogP contribution is 2.34. The second-order valence-corrected chi connectivity index (χ2v) is 3.97. The number of rotatable bonds is 7. The summed E-state index contributed by atoms with van der Waals surface area (Å²) in [6.45, 7) is -0.425. The summed E-state index contributed by atoms with van der Waals surface area (Å²) in [4.78, 5) is 22.5. The molecule has 0 aliphatic heterocycles. The first-order chi connectivity index (χ1) is 9.94. The highest BCUT2D eigenvalue weighted by Gasteiger charge is 2.20. The zero-order valence-corrected chi connectivity index (χ0v) is 11.9. The van der Waals surface area contributed by atoms with E-state index in [1.807, 2.05) is 0 Å². The van der Waals surface area contributed by atoms with E-state index in [9.17, 15) is 9.59 Å². The van der Waals surface area contributed by atoms with E-state index >= 15 is 0 Å². The zero-order chi connectivity index (χ0) is 16.0. The van der Waals surface area contributed by atoms with Gasteiger partial charge in [0.1, 0.15) is 5.75 Å². The summed E-state index contributed by atoms with van der Waals surface area (Å²) in [6, 6.07) is 2.88. The molecule has 0 bridgehead atoms. The monoisotopic (exact) mass is 299 g/mol. The number of aliphatic hydroxyl groups excluding tert-OH is 1. The molecular formula is C13H17NO7. The Hall–Kier alpha value is -2.48. The number of nitrogens with one attached hydrogen (secondary N) is 1. The van der Waals surface area contributed by atoms with Gasteiger partial charge in [-0.1, -0.05) is 0 Å². The summed E-state index contributed by atoms with van der Waals surface area (Å²) < 4.78 is 15.3. The largest absolute Gasteiger partial charge is 0.496 e. The number of amides is 1. The number of benzene rings is 1. The van der Waals surface area contributed by atoms with Crippen LogP contribution in [0.25, 0.3) is 0 Å². The summed E-state index contributed by atoms with van der Waals surface area (Å²) >= 11 is 0. The molecule has 8 nitrogen and oxygen atoms in total. The van der Waals surface area contributed by atoms with Gasteiger partial charge in [-0.15, -0.1) is 0 Å². The number of carbonyl (C=O) groups is 2. The third-order valence-electron chi connectivity index (χ3n) is 2.69. The minimum absolute atomic E-state index is 0.132. The lowest BCUT2D eigenvalue weighted by Crippen LogP contribution is -2.36. The van der Waals surface area contributed by atoms with Crippen molar-refractivity contribution in [3.05, 3.63) is 17.7 Å². The van der Waals surface area contributed by atoms with Crippen molar-refractivity contribution in [2.24, 2.45) is 0 Å². The van der Waals surface area contributed by atoms with Crippen LogP contribution >= 0.6 is 0 Å². The van der Waals surface area contributed by atoms with Crippen molar-refractivity contribution in [2.45, 2.75) is 6.10 Å². The van der Waals surface area contributed by atoms with E-state index in [0.717, 1.165) is 0 Å². The van der Waals surface area contributed by atoms with Gasteiger partial charge < -0.3 is 29.7 Å². The molecule has 0 aromatic heterocycles. The van der Waals surface area contributed by atoms with Crippen LogP contribution in [0.5, 0.6) is 17.2 Å². The summed E-state index contributed by atoms with van der Waals surface area (Å²) in [5, 5.41) is 20.0. The Balaban J connectivity index is 2.99. The molecule has 0 saturated carbocycles. The van der Waals surface area contributed by atoms with Crippen molar-refractivity contribution in [3.8, 4) is 17.2 Å². The fourth-order valence-corrected chi connectivity index (χ4v) is 1.58. The van der Waals surface area contributed by atoms with Gasteiger partial charge in [-0.05, 0) is 0 Å². The topological polar surface area (TPSA) is 114 Å². The molecule has 3 N–H and O–H groups in total. The molecule has 1 rings (SSSR count). The van der Waals surface area contributed by atoms with Gasteiger partial charge in [0.15, 0.2) is 17.6 Å². The van der Waals surface area contributed by atoms with Crippen LogP contribution < -0.4 is 19.5 Å². The molecule has 0 spiro atoms. The Morgan fingerprint density at radius 2 is 1.62 bits per heavy atom. The standard InChI is InChI=1S/C13H17NO7/c1-19-9-5-11(21-3)10(20-2)4-7(9)12(16)14-6-8(15)13(17)18/h4-5,8,15H,6H2,1-3H3,(H,14,16)(H,17,18). The molecule has 1 atom stereocenters. The van der Waals surface area contributed by atoms with Crippen LogP contribution in [0, 0.1) is 0 Å². The smallest absolute Gasteiger partial charge is 0.334 e. The van der Waals surface area contributed by atoms with Crippen LogP contribution in [0.15, 0.2) is 12.1 Å². The van der Waals surface area contributed by atoms with Gasteiger partial charge in [0.2, 0.25) is 0 Å². The predicted molar refractivity (Wildman–Crippen MR) is 72.1 cm³/mol. The van der Waals surface area contributed by atoms with Gasteiger partial charge in [-0.3, -0.25) is 4.79 Å². The predicted octanol–water partition coefficient (Wildman–Crippen LogP) is -0.112. The number of aliphatic carboxylic acids is 1. The molecule has 0 aliphatic carbocycles. The number of ether oxygens (including phenoxy) is 3. The van der Waals surface area contributed by atoms with Crippen LogP contribution in [0.1, 0.15) is 10.4 Å². The zero-order valence-electron chi connectivity index (χ0n) is 11.9. The van der Waals surface area contributed by atoms with Gasteiger partial charge in [-0.25, -0.2) is 4.79 Å². The quantitative estimate of drug-likeness (QED) is 0.643. The first kappa shape index (κ1) is 16.6. The molecule has 1 aromatic carbocycles. The van der Waals surface area contributed by atoms with E-state index in [1.54, 1.807) is 0 Å². The minimum Gasteiger partial charge on any atom is -0.496 e. The molecule has 1 unspecified atom stereocenters. The van der Waals surface area contributed by atoms with E-state index in [1.165, 1.54) is 33.5 Å². The maximum absolute atomic E-state index is 12.0. The lowest BCUT2D eigenvalue weighted by Gasteiger charge is -2.14. The maximum Gasteiger partial charge on any atom is 0.334 e. The fourth-order valence-electron chi connectivity index (χ4n) is 1.58. The lowest BCUT2D eigenvalue weighted by molar-refractivity contribution is -0.146. The average molecular weight is 299 g/mol. The Bertz CT molecular complexity index is 529. The van der Waals surface area contributed by atoms with Gasteiger partial charge >= 0.3 is 5.97 Å². The number of hydrogen-bond acceptors (Lipinski definition) is 6. The van der Waals surface area contributed by atoms with E-state index in [-0.39, 0.29) is 11.3 Å². The molecule has 21 heavy (non-hydrogen) atoms. The Morgan fingerprint density at radius 1 is 1.10 bits per heavy atom. The molecule has 0 aliphatic rings. The summed E-state index contributed by atoms with van der Waals surface area (Å²) in [5.74, 6) is -1.09. The Labute approximate surface area is 121 Å². The number of methoxy groups -OCH3 is 3. The number of carboxylic acid groups (broad SMARTS) is 1. The molecule has 0 fully saturated rings. The third-order valence-corrected chi connectivity index (χ3v) is 2.69. The molecule has 116 valence electrons. The maximum atomic E-state index is 12.0. The third kappa shape index (κ3) is 3.99. The van der Waals surface area contributed by atoms with Crippen molar-refractivity contribution in [3.63, 3.8) is 0 Å². The van der Waals surface area contributed by atoms with Crippen molar-refractivity contribution in [1.29, 1.82) is 0 Å². The van der Waals surface area contributed by atoms with E-state index < -0.39 is 24.5 Å². The normalized spacial score (nSPS) is 11.4. The van der Waals surface area contributed by atoms with E-state index in [2.05, 4.69) is 5.32 Å². The average Bonchev–Trinajstić information content (AvgIpc) is 2.50. The number of aliphatic hydroxyl groups is 1. The Morgan fingerprint density at radius 3 is 2.10 bits per heavy atom. The van der Waals surface area contributed by atoms with Crippen molar-refractivity contribution in [1.82, 2.24) is 5.32 Å². The molecule has 0 saturated heterocycles. The SMILES string of the molecule is COc1cc(OC)c(C(=O)NCC(O)C(=O)O)cc1OC. The molecule has 1 aromatic rings.